The van der Waals surface area contributed by atoms with Crippen LogP contribution >= 0.6 is 47.8 Å². The van der Waals surface area contributed by atoms with E-state index in [1.165, 1.54) is 0 Å². The number of hydrogen-bond acceptors (Lipinski definition) is 2. The van der Waals surface area contributed by atoms with Crippen LogP contribution in [0, 0.1) is 0 Å². The minimum Gasteiger partial charge on any atom is -0.491 e. The predicted octanol–water partition coefficient (Wildman–Crippen LogP) is 4.48. The minimum absolute atomic E-state index is 0.236. The van der Waals surface area contributed by atoms with Gasteiger partial charge in [-0.2, -0.15) is 0 Å². The Balaban J connectivity index is 2.54. The maximum absolute atomic E-state index is 5.70. The van der Waals surface area contributed by atoms with E-state index in [4.69, 9.17) is 10.5 Å². The topological polar surface area (TPSA) is 35.2 Å². The van der Waals surface area contributed by atoms with Gasteiger partial charge in [0.15, 0.2) is 0 Å². The van der Waals surface area contributed by atoms with Gasteiger partial charge >= 0.3 is 0 Å². The summed E-state index contributed by atoms with van der Waals surface area (Å²) in [5.41, 5.74) is 5.67. The maximum Gasteiger partial charge on any atom is 0.147 e. The molecule has 0 radical (unpaired) electrons. The molecule has 0 spiro atoms. The molecule has 0 amide bonds. The zero-order chi connectivity index (χ0) is 12.1. The van der Waals surface area contributed by atoms with E-state index in [1.807, 2.05) is 19.1 Å². The van der Waals surface area contributed by atoms with Crippen LogP contribution in [0.1, 0.15) is 19.8 Å². The highest BCUT2D eigenvalue weighted by Crippen LogP contribution is 2.36. The average molecular weight is 416 g/mol. The van der Waals surface area contributed by atoms with Crippen molar-refractivity contribution in [2.24, 2.45) is 5.73 Å². The first-order chi connectivity index (χ1) is 7.50. The summed E-state index contributed by atoms with van der Waals surface area (Å²) in [5, 5.41) is 0. The van der Waals surface area contributed by atoms with Gasteiger partial charge in [-0.3, -0.25) is 0 Å². The van der Waals surface area contributed by atoms with Crippen LogP contribution in [-0.4, -0.2) is 12.6 Å². The Labute approximate surface area is 121 Å². The molecule has 1 rings (SSSR count). The summed E-state index contributed by atoms with van der Waals surface area (Å²) in [5.74, 6) is 0.841. The van der Waals surface area contributed by atoms with Gasteiger partial charge in [0, 0.05) is 10.5 Å². The highest BCUT2D eigenvalue weighted by atomic mass is 79.9. The van der Waals surface area contributed by atoms with Crippen molar-refractivity contribution in [3.05, 3.63) is 25.6 Å². The van der Waals surface area contributed by atoms with Crippen LogP contribution in [0.3, 0.4) is 0 Å². The molecule has 2 nitrogen and oxygen atoms in total. The molecule has 0 saturated carbocycles. The quantitative estimate of drug-likeness (QED) is 0.719. The van der Waals surface area contributed by atoms with Gasteiger partial charge in [-0.25, -0.2) is 0 Å². The van der Waals surface area contributed by atoms with E-state index in [0.717, 1.165) is 32.0 Å². The molecule has 0 aliphatic carbocycles. The lowest BCUT2D eigenvalue weighted by Crippen LogP contribution is -2.15. The molecule has 1 atom stereocenters. The lowest BCUT2D eigenvalue weighted by molar-refractivity contribution is 0.299. The van der Waals surface area contributed by atoms with Gasteiger partial charge < -0.3 is 10.5 Å². The van der Waals surface area contributed by atoms with Crippen LogP contribution in [0.25, 0.3) is 0 Å². The molecule has 0 unspecified atom stereocenters. The maximum atomic E-state index is 5.70. The van der Waals surface area contributed by atoms with Crippen molar-refractivity contribution < 1.29 is 4.74 Å². The summed E-state index contributed by atoms with van der Waals surface area (Å²) in [4.78, 5) is 0. The summed E-state index contributed by atoms with van der Waals surface area (Å²) in [7, 11) is 0. The molecule has 2 N–H and O–H groups in total. The first-order valence-electron chi connectivity index (χ1n) is 5.03. The standard InChI is InChI=1S/C11H14Br3NO/c1-7(15)3-2-4-16-11-9(13)5-8(12)6-10(11)14/h5-7H,2-4,15H2,1H3/t7-/m0/s1. The van der Waals surface area contributed by atoms with Crippen LogP contribution < -0.4 is 10.5 Å². The molecule has 0 aliphatic heterocycles. The Kier molecular flexibility index (Phi) is 6.32. The number of nitrogens with two attached hydrogens (primary N) is 1. The molecule has 0 bridgehead atoms. The van der Waals surface area contributed by atoms with Gasteiger partial charge in [0.2, 0.25) is 0 Å². The van der Waals surface area contributed by atoms with Crippen molar-refractivity contribution in [1.82, 2.24) is 0 Å². The van der Waals surface area contributed by atoms with Gasteiger partial charge in [0.05, 0.1) is 15.6 Å². The second kappa shape index (κ2) is 6.99. The first kappa shape index (κ1) is 14.5. The molecule has 0 aromatic heterocycles. The molecule has 1 aromatic rings. The van der Waals surface area contributed by atoms with E-state index < -0.39 is 0 Å². The Morgan fingerprint density at radius 3 is 2.31 bits per heavy atom. The highest BCUT2D eigenvalue weighted by molar-refractivity contribution is 9.11. The molecule has 5 heteroatoms. The summed E-state index contributed by atoms with van der Waals surface area (Å²) >= 11 is 10.4. The fraction of sp³-hybridized carbons (Fsp3) is 0.455. The van der Waals surface area contributed by atoms with Crippen molar-refractivity contribution in [3.63, 3.8) is 0 Å². The van der Waals surface area contributed by atoms with Crippen molar-refractivity contribution in [3.8, 4) is 5.75 Å². The number of rotatable bonds is 5. The van der Waals surface area contributed by atoms with Crippen molar-refractivity contribution in [2.45, 2.75) is 25.8 Å². The van der Waals surface area contributed by atoms with Gasteiger partial charge in [0.1, 0.15) is 5.75 Å². The Morgan fingerprint density at radius 1 is 1.25 bits per heavy atom. The summed E-state index contributed by atoms with van der Waals surface area (Å²) < 4.78 is 8.59. The lowest BCUT2D eigenvalue weighted by atomic mass is 10.2. The number of halogens is 3. The molecule has 90 valence electrons. The SMILES string of the molecule is C[C@H](N)CCCOc1c(Br)cc(Br)cc1Br. The van der Waals surface area contributed by atoms with E-state index in [2.05, 4.69) is 47.8 Å². The third kappa shape index (κ3) is 4.73. The zero-order valence-corrected chi connectivity index (χ0v) is 13.7. The van der Waals surface area contributed by atoms with E-state index in [-0.39, 0.29) is 6.04 Å². The monoisotopic (exact) mass is 413 g/mol. The van der Waals surface area contributed by atoms with Crippen LogP contribution in [0.5, 0.6) is 5.75 Å². The van der Waals surface area contributed by atoms with Crippen LogP contribution in [0.2, 0.25) is 0 Å². The molecule has 0 fully saturated rings. The molecular formula is C11H14Br3NO. The number of benzene rings is 1. The third-order valence-corrected chi connectivity index (χ3v) is 3.65. The molecular weight excluding hydrogens is 402 g/mol. The molecule has 1 aromatic carbocycles. The van der Waals surface area contributed by atoms with Crippen molar-refractivity contribution in [2.75, 3.05) is 6.61 Å². The van der Waals surface area contributed by atoms with E-state index in [9.17, 15) is 0 Å². The van der Waals surface area contributed by atoms with Crippen molar-refractivity contribution in [1.29, 1.82) is 0 Å². The summed E-state index contributed by atoms with van der Waals surface area (Å²) in [6.07, 6.45) is 1.94. The Morgan fingerprint density at radius 2 is 1.81 bits per heavy atom. The smallest absolute Gasteiger partial charge is 0.147 e. The minimum atomic E-state index is 0.236. The fourth-order valence-electron chi connectivity index (χ4n) is 1.25. The summed E-state index contributed by atoms with van der Waals surface area (Å²) in [6, 6.07) is 4.16. The van der Waals surface area contributed by atoms with Crippen LogP contribution in [-0.2, 0) is 0 Å². The van der Waals surface area contributed by atoms with Gasteiger partial charge in [-0.15, -0.1) is 0 Å². The molecule has 0 saturated heterocycles. The number of ether oxygens (including phenoxy) is 1. The van der Waals surface area contributed by atoms with E-state index >= 15 is 0 Å². The number of hydrogen-bond donors (Lipinski definition) is 1. The lowest BCUT2D eigenvalue weighted by Gasteiger charge is -2.11. The van der Waals surface area contributed by atoms with Gasteiger partial charge in [-0.1, -0.05) is 15.9 Å². The van der Waals surface area contributed by atoms with E-state index in [1.54, 1.807) is 0 Å². The zero-order valence-electron chi connectivity index (χ0n) is 8.97. The van der Waals surface area contributed by atoms with Crippen LogP contribution in [0.15, 0.2) is 25.6 Å². The Bertz CT molecular complexity index is 332. The highest BCUT2D eigenvalue weighted by Gasteiger charge is 2.08. The second-order valence-corrected chi connectivity index (χ2v) is 6.29. The first-order valence-corrected chi connectivity index (χ1v) is 7.41. The second-order valence-electron chi connectivity index (χ2n) is 3.67. The van der Waals surface area contributed by atoms with E-state index in [0.29, 0.717) is 6.61 Å². The molecule has 0 heterocycles. The van der Waals surface area contributed by atoms with Crippen LogP contribution in [0.4, 0.5) is 0 Å². The third-order valence-electron chi connectivity index (χ3n) is 2.01. The normalized spacial score (nSPS) is 12.6. The fourth-order valence-corrected chi connectivity index (χ4v) is 3.73. The average Bonchev–Trinajstić information content (AvgIpc) is 2.14. The molecule has 0 aliphatic rings. The molecule has 16 heavy (non-hydrogen) atoms. The largest absolute Gasteiger partial charge is 0.491 e. The van der Waals surface area contributed by atoms with Crippen molar-refractivity contribution >= 4 is 47.8 Å². The van der Waals surface area contributed by atoms with Gasteiger partial charge in [0.25, 0.3) is 0 Å². The summed E-state index contributed by atoms with van der Waals surface area (Å²) in [6.45, 7) is 2.69. The Hall–Kier alpha value is 0.420. The predicted molar refractivity (Wildman–Crippen MR) is 77.9 cm³/mol. The van der Waals surface area contributed by atoms with Gasteiger partial charge in [-0.05, 0) is 63.8 Å².